The Morgan fingerprint density at radius 2 is 2.26 bits per heavy atom. The van der Waals surface area contributed by atoms with Crippen molar-refractivity contribution in [1.82, 2.24) is 14.8 Å². The number of aromatic nitrogens is 3. The summed E-state index contributed by atoms with van der Waals surface area (Å²) in [7, 11) is 0. The summed E-state index contributed by atoms with van der Waals surface area (Å²) in [6.07, 6.45) is 1.36. The Hall–Kier alpha value is -2.08. The van der Waals surface area contributed by atoms with Crippen LogP contribution in [0.2, 0.25) is 0 Å². The van der Waals surface area contributed by atoms with Gasteiger partial charge in [-0.15, -0.1) is 11.3 Å². The van der Waals surface area contributed by atoms with Crippen molar-refractivity contribution in [3.8, 4) is 0 Å². The third-order valence-corrected chi connectivity index (χ3v) is 3.94. The number of rotatable bonds is 3. The van der Waals surface area contributed by atoms with Gasteiger partial charge >= 0.3 is 0 Å². The Morgan fingerprint density at radius 1 is 1.42 bits per heavy atom. The van der Waals surface area contributed by atoms with E-state index in [4.69, 9.17) is 0 Å². The van der Waals surface area contributed by atoms with Gasteiger partial charge in [0.05, 0.1) is 4.88 Å². The molecule has 0 amide bonds. The fourth-order valence-electron chi connectivity index (χ4n) is 1.91. The highest BCUT2D eigenvalue weighted by molar-refractivity contribution is 7.21. The molecule has 96 valence electrons. The molecule has 0 aliphatic carbocycles. The molecule has 4 nitrogen and oxygen atoms in total. The van der Waals surface area contributed by atoms with Crippen LogP contribution in [-0.4, -0.2) is 20.5 Å². The number of carbonyl (C=O) groups excluding carboxylic acids is 1. The number of halogens is 1. The second kappa shape index (κ2) is 4.55. The fraction of sp³-hybridized carbons (Fsp3) is 0.154. The molecule has 0 unspecified atom stereocenters. The summed E-state index contributed by atoms with van der Waals surface area (Å²) in [5.41, 5.74) is 0. The lowest BCUT2D eigenvalue weighted by Crippen LogP contribution is -2.10. The van der Waals surface area contributed by atoms with E-state index in [2.05, 4.69) is 10.1 Å². The van der Waals surface area contributed by atoms with Gasteiger partial charge in [-0.1, -0.05) is 0 Å². The zero-order valence-electron chi connectivity index (χ0n) is 10.1. The Balaban J connectivity index is 2.07. The van der Waals surface area contributed by atoms with Crippen LogP contribution in [0.4, 0.5) is 4.39 Å². The summed E-state index contributed by atoms with van der Waals surface area (Å²) in [4.78, 5) is 16.9. The van der Waals surface area contributed by atoms with Gasteiger partial charge in [-0.2, -0.15) is 5.10 Å². The molecule has 3 rings (SSSR count). The second-order valence-corrected chi connectivity index (χ2v) is 5.11. The first-order chi connectivity index (χ1) is 9.19. The Morgan fingerprint density at radius 3 is 3.05 bits per heavy atom. The van der Waals surface area contributed by atoms with Gasteiger partial charge in [-0.05, 0) is 36.6 Å². The number of fused-ring (bicyclic) bond motifs is 1. The van der Waals surface area contributed by atoms with Crippen LogP contribution in [0.1, 0.15) is 22.4 Å². The molecule has 0 bridgehead atoms. The Bertz CT molecular complexity index is 762. The molecule has 0 aliphatic rings. The first kappa shape index (κ1) is 12.0. The topological polar surface area (TPSA) is 47.8 Å². The van der Waals surface area contributed by atoms with Crippen LogP contribution in [0.3, 0.4) is 0 Å². The highest BCUT2D eigenvalue weighted by Gasteiger charge is 2.18. The standard InChI is InChI=1S/C13H10FN3OS/c1-2-17-13(15-7-16-17)12(18)11-6-8-5-9(14)3-4-10(8)19-11/h3-7H,2H2,1H3. The first-order valence-electron chi connectivity index (χ1n) is 5.80. The Labute approximate surface area is 112 Å². The monoisotopic (exact) mass is 275 g/mol. The maximum Gasteiger partial charge on any atom is 0.239 e. The number of hydrogen-bond acceptors (Lipinski definition) is 4. The molecule has 0 N–H and O–H groups in total. The molecule has 2 aromatic heterocycles. The number of hydrogen-bond donors (Lipinski definition) is 0. The highest BCUT2D eigenvalue weighted by atomic mass is 32.1. The molecule has 1 aromatic carbocycles. The van der Waals surface area contributed by atoms with Gasteiger partial charge in [0.25, 0.3) is 0 Å². The maximum atomic E-state index is 13.1. The molecule has 0 spiro atoms. The van der Waals surface area contributed by atoms with E-state index in [1.54, 1.807) is 16.8 Å². The van der Waals surface area contributed by atoms with Crippen LogP contribution in [0.5, 0.6) is 0 Å². The number of nitrogens with zero attached hydrogens (tertiary/aromatic N) is 3. The van der Waals surface area contributed by atoms with E-state index < -0.39 is 0 Å². The fourth-order valence-corrected chi connectivity index (χ4v) is 2.89. The lowest BCUT2D eigenvalue weighted by molar-refractivity contribution is 0.102. The van der Waals surface area contributed by atoms with Crippen molar-refractivity contribution in [3.05, 3.63) is 47.1 Å². The van der Waals surface area contributed by atoms with Crippen molar-refractivity contribution in [2.24, 2.45) is 0 Å². The predicted octanol–water partition coefficient (Wildman–Crippen LogP) is 2.88. The van der Waals surface area contributed by atoms with Crippen molar-refractivity contribution < 1.29 is 9.18 Å². The smallest absolute Gasteiger partial charge is 0.239 e. The van der Waals surface area contributed by atoms with Gasteiger partial charge in [-0.25, -0.2) is 14.1 Å². The average Bonchev–Trinajstić information content (AvgIpc) is 3.03. The molecule has 0 atom stereocenters. The third kappa shape index (κ3) is 2.04. The van der Waals surface area contributed by atoms with Crippen LogP contribution in [0.15, 0.2) is 30.6 Å². The summed E-state index contributed by atoms with van der Waals surface area (Å²) < 4.78 is 15.6. The number of benzene rings is 1. The summed E-state index contributed by atoms with van der Waals surface area (Å²) in [6.45, 7) is 2.48. The van der Waals surface area contributed by atoms with E-state index in [9.17, 15) is 9.18 Å². The number of carbonyl (C=O) groups is 1. The minimum Gasteiger partial charge on any atom is -0.284 e. The van der Waals surface area contributed by atoms with E-state index in [0.717, 1.165) is 10.1 Å². The van der Waals surface area contributed by atoms with Crippen LogP contribution in [0.25, 0.3) is 10.1 Å². The molecule has 6 heteroatoms. The molecule has 0 saturated heterocycles. The van der Waals surface area contributed by atoms with E-state index in [-0.39, 0.29) is 11.6 Å². The first-order valence-corrected chi connectivity index (χ1v) is 6.62. The summed E-state index contributed by atoms with van der Waals surface area (Å²) in [5, 5.41) is 4.71. The highest BCUT2D eigenvalue weighted by Crippen LogP contribution is 2.27. The zero-order chi connectivity index (χ0) is 13.4. The van der Waals surface area contributed by atoms with Gasteiger partial charge in [0.1, 0.15) is 12.1 Å². The molecule has 0 fully saturated rings. The quantitative estimate of drug-likeness (QED) is 0.690. The third-order valence-electron chi connectivity index (χ3n) is 2.82. The van der Waals surface area contributed by atoms with Gasteiger partial charge in [0.2, 0.25) is 5.78 Å². The van der Waals surface area contributed by atoms with Crippen LogP contribution >= 0.6 is 11.3 Å². The molecule has 2 heterocycles. The second-order valence-electron chi connectivity index (χ2n) is 4.02. The minimum atomic E-state index is -0.305. The number of ketones is 1. The van der Waals surface area contributed by atoms with Crippen LogP contribution in [0, 0.1) is 5.82 Å². The van der Waals surface area contributed by atoms with Crippen LogP contribution in [-0.2, 0) is 6.54 Å². The van der Waals surface area contributed by atoms with Crippen molar-refractivity contribution in [2.75, 3.05) is 0 Å². The van der Waals surface area contributed by atoms with Gasteiger partial charge in [0.15, 0.2) is 5.82 Å². The zero-order valence-corrected chi connectivity index (χ0v) is 10.9. The SMILES string of the molecule is CCn1ncnc1C(=O)c1cc2cc(F)ccc2s1. The molecule has 0 aliphatic heterocycles. The molecular formula is C13H10FN3OS. The normalized spacial score (nSPS) is 11.1. The average molecular weight is 275 g/mol. The summed E-state index contributed by atoms with van der Waals surface area (Å²) in [5.74, 6) is -0.170. The Kier molecular flexibility index (Phi) is 2.87. The summed E-state index contributed by atoms with van der Waals surface area (Å²) in [6, 6.07) is 6.19. The van der Waals surface area contributed by atoms with Crippen molar-refractivity contribution in [2.45, 2.75) is 13.5 Å². The van der Waals surface area contributed by atoms with E-state index in [1.165, 1.54) is 29.8 Å². The minimum absolute atomic E-state index is 0.180. The largest absolute Gasteiger partial charge is 0.284 e. The number of aryl methyl sites for hydroxylation is 1. The van der Waals surface area contributed by atoms with E-state index >= 15 is 0 Å². The van der Waals surface area contributed by atoms with E-state index in [0.29, 0.717) is 17.2 Å². The van der Waals surface area contributed by atoms with Crippen molar-refractivity contribution in [3.63, 3.8) is 0 Å². The molecule has 19 heavy (non-hydrogen) atoms. The summed E-state index contributed by atoms with van der Waals surface area (Å²) >= 11 is 1.33. The molecule has 0 saturated carbocycles. The molecule has 3 aromatic rings. The van der Waals surface area contributed by atoms with Crippen molar-refractivity contribution >= 4 is 27.2 Å². The molecule has 0 radical (unpaired) electrons. The van der Waals surface area contributed by atoms with Gasteiger partial charge in [-0.3, -0.25) is 4.79 Å². The lowest BCUT2D eigenvalue weighted by atomic mass is 10.2. The maximum absolute atomic E-state index is 13.1. The van der Waals surface area contributed by atoms with E-state index in [1.807, 2.05) is 6.92 Å². The van der Waals surface area contributed by atoms with Crippen molar-refractivity contribution in [1.29, 1.82) is 0 Å². The van der Waals surface area contributed by atoms with Crippen LogP contribution < -0.4 is 0 Å². The lowest BCUT2D eigenvalue weighted by Gasteiger charge is -1.99. The number of thiophene rings is 1. The molecular weight excluding hydrogens is 265 g/mol. The van der Waals surface area contributed by atoms with Gasteiger partial charge in [0, 0.05) is 11.2 Å². The van der Waals surface area contributed by atoms with Gasteiger partial charge < -0.3 is 0 Å². The predicted molar refractivity (Wildman–Crippen MR) is 70.9 cm³/mol.